The van der Waals surface area contributed by atoms with Crippen LogP contribution in [0.15, 0.2) is 30.6 Å². The number of benzene rings is 1. The summed E-state index contributed by atoms with van der Waals surface area (Å²) in [5.74, 6) is 0.256. The lowest BCUT2D eigenvalue weighted by atomic mass is 9.89. The fourth-order valence-corrected chi connectivity index (χ4v) is 2.54. The van der Waals surface area contributed by atoms with Crippen molar-refractivity contribution in [3.05, 3.63) is 36.2 Å². The van der Waals surface area contributed by atoms with Gasteiger partial charge in [-0.3, -0.25) is 9.97 Å². The van der Waals surface area contributed by atoms with E-state index in [9.17, 15) is 5.11 Å². The predicted molar refractivity (Wildman–Crippen MR) is 68.0 cm³/mol. The van der Waals surface area contributed by atoms with Crippen molar-refractivity contribution in [3.8, 4) is 0 Å². The molecule has 0 aliphatic carbocycles. The Bertz CT molecular complexity index is 533. The second-order valence-corrected chi connectivity index (χ2v) is 4.67. The molecule has 94 valence electrons. The van der Waals surface area contributed by atoms with E-state index >= 15 is 0 Å². The highest BCUT2D eigenvalue weighted by Crippen LogP contribution is 2.32. The zero-order valence-corrected chi connectivity index (χ0v) is 10.1. The largest absolute Gasteiger partial charge is 0.388 e. The summed E-state index contributed by atoms with van der Waals surface area (Å²) < 4.78 is 5.33. The van der Waals surface area contributed by atoms with E-state index in [4.69, 9.17) is 4.74 Å². The van der Waals surface area contributed by atoms with Gasteiger partial charge in [0, 0.05) is 31.2 Å². The van der Waals surface area contributed by atoms with Crippen molar-refractivity contribution in [3.63, 3.8) is 0 Å². The third-order valence-electron chi connectivity index (χ3n) is 3.56. The molecule has 0 spiro atoms. The molecule has 1 fully saturated rings. The van der Waals surface area contributed by atoms with E-state index in [0.717, 1.165) is 42.7 Å². The second kappa shape index (κ2) is 5.00. The molecule has 1 unspecified atom stereocenters. The van der Waals surface area contributed by atoms with Gasteiger partial charge in [-0.2, -0.15) is 0 Å². The minimum atomic E-state index is -0.478. The maximum absolute atomic E-state index is 10.5. The molecule has 0 radical (unpaired) electrons. The first-order chi connectivity index (χ1) is 8.86. The summed E-state index contributed by atoms with van der Waals surface area (Å²) in [5.41, 5.74) is 2.52. The average molecular weight is 244 g/mol. The number of aliphatic hydroxyl groups excluding tert-OH is 1. The Balaban J connectivity index is 1.97. The molecule has 18 heavy (non-hydrogen) atoms. The number of para-hydroxylation sites is 1. The molecule has 1 aromatic heterocycles. The lowest BCUT2D eigenvalue weighted by Crippen LogP contribution is -2.22. The molecule has 1 atom stereocenters. The molecule has 0 amide bonds. The van der Waals surface area contributed by atoms with Gasteiger partial charge in [0.2, 0.25) is 0 Å². The minimum Gasteiger partial charge on any atom is -0.388 e. The maximum atomic E-state index is 10.5. The topological polar surface area (TPSA) is 55.2 Å². The lowest BCUT2D eigenvalue weighted by molar-refractivity contribution is 0.00766. The molecule has 1 aliphatic heterocycles. The van der Waals surface area contributed by atoms with Crippen molar-refractivity contribution in [2.45, 2.75) is 18.9 Å². The van der Waals surface area contributed by atoms with Crippen LogP contribution in [-0.2, 0) is 4.74 Å². The number of ether oxygens (including phenoxy) is 1. The fourth-order valence-electron chi connectivity index (χ4n) is 2.54. The molecular weight excluding hydrogens is 228 g/mol. The first-order valence-corrected chi connectivity index (χ1v) is 6.32. The number of fused-ring (bicyclic) bond motifs is 1. The summed E-state index contributed by atoms with van der Waals surface area (Å²) in [6.07, 6.45) is 4.67. The molecule has 1 saturated heterocycles. The van der Waals surface area contributed by atoms with Crippen LogP contribution in [0.25, 0.3) is 11.0 Å². The summed E-state index contributed by atoms with van der Waals surface area (Å²) in [5, 5.41) is 10.5. The van der Waals surface area contributed by atoms with Crippen molar-refractivity contribution in [2.75, 3.05) is 13.2 Å². The van der Waals surface area contributed by atoms with Crippen molar-refractivity contribution in [1.29, 1.82) is 0 Å². The number of hydrogen-bond donors (Lipinski definition) is 1. The summed E-state index contributed by atoms with van der Waals surface area (Å²) in [4.78, 5) is 8.61. The van der Waals surface area contributed by atoms with E-state index in [2.05, 4.69) is 9.97 Å². The van der Waals surface area contributed by atoms with Gasteiger partial charge in [0.25, 0.3) is 0 Å². The zero-order chi connectivity index (χ0) is 12.4. The van der Waals surface area contributed by atoms with Gasteiger partial charge in [0.1, 0.15) is 0 Å². The van der Waals surface area contributed by atoms with Crippen LogP contribution >= 0.6 is 0 Å². The fraction of sp³-hybridized carbons (Fsp3) is 0.429. The molecule has 1 aromatic carbocycles. The Morgan fingerprint density at radius 3 is 2.78 bits per heavy atom. The van der Waals surface area contributed by atoms with E-state index in [1.165, 1.54) is 0 Å². The molecule has 4 heteroatoms. The maximum Gasteiger partial charge on any atom is 0.0944 e. The van der Waals surface area contributed by atoms with Gasteiger partial charge in [-0.1, -0.05) is 12.1 Å². The van der Waals surface area contributed by atoms with Gasteiger partial charge in [-0.05, 0) is 24.8 Å². The van der Waals surface area contributed by atoms with Crippen LogP contribution in [-0.4, -0.2) is 28.3 Å². The zero-order valence-electron chi connectivity index (χ0n) is 10.1. The monoisotopic (exact) mass is 244 g/mol. The summed E-state index contributed by atoms with van der Waals surface area (Å²) in [7, 11) is 0. The van der Waals surface area contributed by atoms with Gasteiger partial charge in [-0.15, -0.1) is 0 Å². The van der Waals surface area contributed by atoms with Crippen LogP contribution in [0.4, 0.5) is 0 Å². The van der Waals surface area contributed by atoms with Crippen LogP contribution in [0.1, 0.15) is 24.5 Å². The van der Waals surface area contributed by atoms with Gasteiger partial charge in [-0.25, -0.2) is 0 Å². The number of aromatic nitrogens is 2. The number of aliphatic hydroxyl groups is 1. The Kier molecular flexibility index (Phi) is 3.21. The average Bonchev–Trinajstić information content (AvgIpc) is 2.47. The standard InChI is InChI=1S/C14H16N2O2/c17-14(10-4-8-18-9-5-10)11-2-1-3-12-13(11)16-7-6-15-12/h1-3,6-7,10,14,17H,4-5,8-9H2. The molecular formula is C14H16N2O2. The van der Waals surface area contributed by atoms with Crippen LogP contribution < -0.4 is 0 Å². The molecule has 1 aliphatic rings. The molecule has 2 heterocycles. The third kappa shape index (κ3) is 2.09. The Morgan fingerprint density at radius 2 is 1.94 bits per heavy atom. The molecule has 0 bridgehead atoms. The van der Waals surface area contributed by atoms with Crippen molar-refractivity contribution in [1.82, 2.24) is 9.97 Å². The highest BCUT2D eigenvalue weighted by atomic mass is 16.5. The highest BCUT2D eigenvalue weighted by Gasteiger charge is 2.25. The lowest BCUT2D eigenvalue weighted by Gasteiger charge is -2.27. The molecule has 3 rings (SSSR count). The van der Waals surface area contributed by atoms with Gasteiger partial charge < -0.3 is 9.84 Å². The number of rotatable bonds is 2. The molecule has 1 N–H and O–H groups in total. The van der Waals surface area contributed by atoms with E-state index in [-0.39, 0.29) is 5.92 Å². The Labute approximate surface area is 106 Å². The Hall–Kier alpha value is -1.52. The minimum absolute atomic E-state index is 0.256. The van der Waals surface area contributed by atoms with Crippen LogP contribution in [0.2, 0.25) is 0 Å². The third-order valence-corrected chi connectivity index (χ3v) is 3.56. The quantitative estimate of drug-likeness (QED) is 0.878. The van der Waals surface area contributed by atoms with Crippen molar-refractivity contribution in [2.24, 2.45) is 5.92 Å². The predicted octanol–water partition coefficient (Wildman–Crippen LogP) is 2.09. The Morgan fingerprint density at radius 1 is 1.17 bits per heavy atom. The number of hydrogen-bond acceptors (Lipinski definition) is 4. The first-order valence-electron chi connectivity index (χ1n) is 6.32. The second-order valence-electron chi connectivity index (χ2n) is 4.67. The van der Waals surface area contributed by atoms with Crippen LogP contribution in [0.5, 0.6) is 0 Å². The smallest absolute Gasteiger partial charge is 0.0944 e. The number of nitrogens with zero attached hydrogens (tertiary/aromatic N) is 2. The molecule has 2 aromatic rings. The van der Waals surface area contributed by atoms with Crippen LogP contribution in [0.3, 0.4) is 0 Å². The van der Waals surface area contributed by atoms with Crippen molar-refractivity contribution >= 4 is 11.0 Å². The first kappa shape index (κ1) is 11.6. The summed E-state index contributed by atoms with van der Waals surface area (Å²) in [6.45, 7) is 1.47. The van der Waals surface area contributed by atoms with Gasteiger partial charge in [0.05, 0.1) is 17.1 Å². The molecule has 4 nitrogen and oxygen atoms in total. The van der Waals surface area contributed by atoms with Gasteiger partial charge >= 0.3 is 0 Å². The van der Waals surface area contributed by atoms with E-state index in [1.54, 1.807) is 12.4 Å². The van der Waals surface area contributed by atoms with E-state index in [0.29, 0.717) is 0 Å². The van der Waals surface area contributed by atoms with Crippen molar-refractivity contribution < 1.29 is 9.84 Å². The SMILES string of the molecule is OC(c1cccc2nccnc12)C1CCOCC1. The van der Waals surface area contributed by atoms with Crippen LogP contribution in [0, 0.1) is 5.92 Å². The normalized spacial score (nSPS) is 18.9. The van der Waals surface area contributed by atoms with E-state index in [1.807, 2.05) is 18.2 Å². The summed E-state index contributed by atoms with van der Waals surface area (Å²) >= 11 is 0. The van der Waals surface area contributed by atoms with E-state index < -0.39 is 6.10 Å². The molecule has 0 saturated carbocycles. The van der Waals surface area contributed by atoms with Gasteiger partial charge in [0.15, 0.2) is 0 Å². The summed E-state index contributed by atoms with van der Waals surface area (Å²) in [6, 6.07) is 5.79. The highest BCUT2D eigenvalue weighted by molar-refractivity contribution is 5.77.